The van der Waals surface area contributed by atoms with Crippen LogP contribution in [-0.2, 0) is 23.2 Å². The van der Waals surface area contributed by atoms with Crippen molar-refractivity contribution in [2.45, 2.75) is 43.7 Å². The smallest absolute Gasteiger partial charge is 0.256 e. The lowest BCUT2D eigenvalue weighted by Gasteiger charge is -2.24. The van der Waals surface area contributed by atoms with Gasteiger partial charge in [-0.3, -0.25) is 14.6 Å². The molecule has 4 heterocycles. The summed E-state index contributed by atoms with van der Waals surface area (Å²) in [4.78, 5) is 40.4. The van der Waals surface area contributed by atoms with E-state index in [1.54, 1.807) is 24.3 Å². The molecule has 1 unspecified atom stereocenters. The van der Waals surface area contributed by atoms with E-state index in [0.29, 0.717) is 47.1 Å². The summed E-state index contributed by atoms with van der Waals surface area (Å²) in [7, 11) is 0. The van der Waals surface area contributed by atoms with Gasteiger partial charge in [0.2, 0.25) is 0 Å². The number of nitrogens with one attached hydrogen (secondary N) is 1. The van der Waals surface area contributed by atoms with Gasteiger partial charge in [0, 0.05) is 46.7 Å². The van der Waals surface area contributed by atoms with Crippen molar-refractivity contribution in [1.29, 1.82) is 0 Å². The van der Waals surface area contributed by atoms with E-state index in [4.69, 9.17) is 16.6 Å². The number of hydrogen-bond donors (Lipinski definition) is 2. The van der Waals surface area contributed by atoms with E-state index >= 15 is 0 Å². The zero-order chi connectivity index (χ0) is 25.6. The van der Waals surface area contributed by atoms with E-state index in [9.17, 15) is 14.7 Å². The molecule has 4 aromatic rings. The summed E-state index contributed by atoms with van der Waals surface area (Å²) in [5.41, 5.74) is 4.03. The molecule has 2 N–H and O–H groups in total. The number of amides is 1. The maximum Gasteiger partial charge on any atom is 0.256 e. The van der Waals surface area contributed by atoms with Gasteiger partial charge >= 0.3 is 0 Å². The minimum absolute atomic E-state index is 0.101. The molecule has 1 aliphatic heterocycles. The van der Waals surface area contributed by atoms with Crippen molar-refractivity contribution in [2.24, 2.45) is 0 Å². The lowest BCUT2D eigenvalue weighted by atomic mass is 9.94. The van der Waals surface area contributed by atoms with Crippen LogP contribution in [0, 0.1) is 0 Å². The molecule has 3 aromatic heterocycles. The highest BCUT2D eigenvalue weighted by atomic mass is 35.5. The Labute approximate surface area is 222 Å². The lowest BCUT2D eigenvalue weighted by Crippen LogP contribution is -2.36. The number of aliphatic hydroxyl groups is 1. The molecule has 0 saturated heterocycles. The predicted octanol–water partition coefficient (Wildman–Crippen LogP) is 4.03. The molecular formula is C27H24ClN5O3S. The van der Waals surface area contributed by atoms with Crippen LogP contribution in [0.15, 0.2) is 59.1 Å². The van der Waals surface area contributed by atoms with Gasteiger partial charge in [-0.2, -0.15) is 0 Å². The molecule has 1 aliphatic carbocycles. The van der Waals surface area contributed by atoms with E-state index in [-0.39, 0.29) is 17.5 Å². The van der Waals surface area contributed by atoms with Crippen LogP contribution in [0.1, 0.15) is 53.6 Å². The number of nitrogens with zero attached hydrogens (tertiary/aromatic N) is 4. The Balaban J connectivity index is 1.29. The van der Waals surface area contributed by atoms with Crippen LogP contribution in [0.25, 0.3) is 11.1 Å². The van der Waals surface area contributed by atoms with Crippen LogP contribution in [0.4, 0.5) is 0 Å². The number of hydrogen-bond acceptors (Lipinski definition) is 7. The van der Waals surface area contributed by atoms with Gasteiger partial charge in [0.15, 0.2) is 6.10 Å². The standard InChI is InChI=1S/C27H24ClN5O3S/c28-20-4-1-3-16(10-20)23(34)25(36)33-8-2-5-22-21(14-33)24(35)32-26(31-22)27(6-7-27)19-9-17(11-29-13-19)18-12-30-37-15-18/h1,3-4,9-13,15,23,34H,2,5-8,14H2,(H,31,32,35). The first-order valence-corrected chi connectivity index (χ1v) is 13.4. The Morgan fingerprint density at radius 2 is 2.05 bits per heavy atom. The molecule has 8 nitrogen and oxygen atoms in total. The summed E-state index contributed by atoms with van der Waals surface area (Å²) >= 11 is 7.43. The predicted molar refractivity (Wildman–Crippen MR) is 140 cm³/mol. The Kier molecular flexibility index (Phi) is 6.14. The number of rotatable bonds is 5. The van der Waals surface area contributed by atoms with Gasteiger partial charge in [-0.15, -0.1) is 0 Å². The van der Waals surface area contributed by atoms with E-state index in [1.165, 1.54) is 16.4 Å². The molecular weight excluding hydrogens is 510 g/mol. The molecule has 6 rings (SSSR count). The Bertz CT molecular complexity index is 1530. The Morgan fingerprint density at radius 1 is 1.19 bits per heavy atom. The van der Waals surface area contributed by atoms with Gasteiger partial charge in [0.1, 0.15) is 5.82 Å². The number of aryl methyl sites for hydroxylation is 1. The van der Waals surface area contributed by atoms with Crippen LogP contribution >= 0.6 is 23.1 Å². The number of aromatic nitrogens is 4. The summed E-state index contributed by atoms with van der Waals surface area (Å²) < 4.78 is 4.19. The van der Waals surface area contributed by atoms with Gasteiger partial charge in [0.25, 0.3) is 11.5 Å². The van der Waals surface area contributed by atoms with Crippen molar-refractivity contribution >= 4 is 29.0 Å². The third-order valence-electron chi connectivity index (χ3n) is 7.26. The third-order valence-corrected chi connectivity index (χ3v) is 8.08. The fraction of sp³-hybridized carbons (Fsp3) is 0.296. The van der Waals surface area contributed by atoms with Crippen molar-refractivity contribution in [3.8, 4) is 11.1 Å². The second kappa shape index (κ2) is 9.48. The molecule has 188 valence electrons. The number of pyridine rings is 1. The fourth-order valence-electron chi connectivity index (χ4n) is 5.02. The average Bonchev–Trinajstić information content (AvgIpc) is 3.60. The van der Waals surface area contributed by atoms with E-state index in [2.05, 4.69) is 20.4 Å². The highest BCUT2D eigenvalue weighted by Gasteiger charge is 2.49. The molecule has 0 radical (unpaired) electrons. The molecule has 10 heteroatoms. The van der Waals surface area contributed by atoms with Gasteiger partial charge < -0.3 is 15.0 Å². The number of aliphatic hydroxyl groups excluding tert-OH is 1. The number of fused-ring (bicyclic) bond motifs is 1. The zero-order valence-electron chi connectivity index (χ0n) is 19.9. The van der Waals surface area contributed by atoms with Crippen LogP contribution < -0.4 is 5.56 Å². The summed E-state index contributed by atoms with van der Waals surface area (Å²) in [5.74, 6) is 0.195. The van der Waals surface area contributed by atoms with Crippen molar-refractivity contribution in [1.82, 2.24) is 24.2 Å². The summed E-state index contributed by atoms with van der Waals surface area (Å²) in [5, 5.41) is 13.1. The van der Waals surface area contributed by atoms with Crippen LogP contribution in [0.3, 0.4) is 0 Å². The normalized spacial score (nSPS) is 17.1. The van der Waals surface area contributed by atoms with Crippen LogP contribution in [-0.4, -0.2) is 41.8 Å². The quantitative estimate of drug-likeness (QED) is 0.400. The molecule has 1 atom stereocenters. The Morgan fingerprint density at radius 3 is 2.81 bits per heavy atom. The first-order valence-electron chi connectivity index (χ1n) is 12.1. The van der Waals surface area contributed by atoms with Gasteiger partial charge in [-0.25, -0.2) is 9.36 Å². The molecule has 37 heavy (non-hydrogen) atoms. The largest absolute Gasteiger partial charge is 0.378 e. The van der Waals surface area contributed by atoms with E-state index < -0.39 is 12.0 Å². The number of halogens is 1. The zero-order valence-corrected chi connectivity index (χ0v) is 21.4. The lowest BCUT2D eigenvalue weighted by molar-refractivity contribution is -0.141. The second-order valence-electron chi connectivity index (χ2n) is 9.62. The number of carbonyl (C=O) groups excluding carboxylic acids is 1. The monoisotopic (exact) mass is 533 g/mol. The van der Waals surface area contributed by atoms with Gasteiger partial charge in [-0.1, -0.05) is 23.7 Å². The van der Waals surface area contributed by atoms with Crippen LogP contribution in [0.2, 0.25) is 5.02 Å². The third kappa shape index (κ3) is 4.47. The second-order valence-corrected chi connectivity index (χ2v) is 10.7. The maximum absolute atomic E-state index is 13.3. The minimum Gasteiger partial charge on any atom is -0.378 e. The molecule has 0 spiro atoms. The fourth-order valence-corrected chi connectivity index (χ4v) is 5.77. The molecule has 1 saturated carbocycles. The molecule has 0 bridgehead atoms. The van der Waals surface area contributed by atoms with Gasteiger partial charge in [-0.05, 0) is 66.5 Å². The first-order chi connectivity index (χ1) is 17.9. The van der Waals surface area contributed by atoms with Crippen molar-refractivity contribution < 1.29 is 9.90 Å². The first kappa shape index (κ1) is 24.0. The highest BCUT2D eigenvalue weighted by Crippen LogP contribution is 2.52. The average molecular weight is 534 g/mol. The number of aromatic amines is 1. The van der Waals surface area contributed by atoms with Gasteiger partial charge in [0.05, 0.1) is 23.2 Å². The highest BCUT2D eigenvalue weighted by molar-refractivity contribution is 7.03. The molecule has 1 amide bonds. The summed E-state index contributed by atoms with van der Waals surface area (Å²) in [6.45, 7) is 0.525. The van der Waals surface area contributed by atoms with E-state index in [1.807, 2.05) is 24.0 Å². The molecule has 2 aliphatic rings. The van der Waals surface area contributed by atoms with Crippen molar-refractivity contribution in [3.05, 3.63) is 97.9 Å². The molecule has 1 aromatic carbocycles. The topological polar surface area (TPSA) is 112 Å². The minimum atomic E-state index is -1.35. The number of H-pyrrole nitrogens is 1. The van der Waals surface area contributed by atoms with Crippen LogP contribution in [0.5, 0.6) is 0 Å². The number of benzene rings is 1. The van der Waals surface area contributed by atoms with E-state index in [0.717, 1.165) is 29.5 Å². The summed E-state index contributed by atoms with van der Waals surface area (Å²) in [6.07, 6.45) is 7.11. The van der Waals surface area contributed by atoms with Crippen molar-refractivity contribution in [2.75, 3.05) is 6.54 Å². The summed E-state index contributed by atoms with van der Waals surface area (Å²) in [6, 6.07) is 8.72. The SMILES string of the molecule is O=C(C(O)c1cccc(Cl)c1)N1CCCc2nc(C3(c4cncc(-c5cnsc5)c4)CC3)[nH]c(=O)c2C1. The number of carbonyl (C=O) groups is 1. The van der Waals surface area contributed by atoms with Crippen molar-refractivity contribution in [3.63, 3.8) is 0 Å². The molecule has 1 fully saturated rings. The Hall–Kier alpha value is -3.40. The maximum atomic E-state index is 13.3.